The maximum atomic E-state index is 12.6. The van der Waals surface area contributed by atoms with Crippen molar-refractivity contribution >= 4 is 21.6 Å². The Morgan fingerprint density at radius 1 is 1.03 bits per heavy atom. The van der Waals surface area contributed by atoms with E-state index in [2.05, 4.69) is 33.0 Å². The molecule has 2 N–H and O–H groups in total. The van der Waals surface area contributed by atoms with Gasteiger partial charge in [-0.1, -0.05) is 31.2 Å². The van der Waals surface area contributed by atoms with Gasteiger partial charge in [-0.3, -0.25) is 4.79 Å². The summed E-state index contributed by atoms with van der Waals surface area (Å²) in [5.41, 5.74) is 2.49. The number of anilines is 1. The molecule has 2 aromatic rings. The molecule has 1 aliphatic rings. The van der Waals surface area contributed by atoms with Crippen LogP contribution in [0.5, 0.6) is 0 Å². The largest absolute Gasteiger partial charge is 0.369 e. The molecule has 0 spiro atoms. The first-order valence-electron chi connectivity index (χ1n) is 9.80. The molecule has 29 heavy (non-hydrogen) atoms. The number of sulfonamides is 1. The van der Waals surface area contributed by atoms with Gasteiger partial charge in [0.15, 0.2) is 0 Å². The Labute approximate surface area is 172 Å². The van der Waals surface area contributed by atoms with Gasteiger partial charge in [-0.25, -0.2) is 13.1 Å². The van der Waals surface area contributed by atoms with Gasteiger partial charge in [-0.05, 0) is 36.9 Å². The van der Waals surface area contributed by atoms with E-state index in [1.807, 2.05) is 18.2 Å². The minimum absolute atomic E-state index is 0.0878. The van der Waals surface area contributed by atoms with Crippen molar-refractivity contribution in [3.05, 3.63) is 59.7 Å². The average molecular weight is 417 g/mol. The summed E-state index contributed by atoms with van der Waals surface area (Å²) < 4.78 is 26.8. The van der Waals surface area contributed by atoms with Gasteiger partial charge in [-0.15, -0.1) is 0 Å². The lowest BCUT2D eigenvalue weighted by atomic mass is 10.1. The molecule has 0 saturated carbocycles. The number of likely N-dealkylation sites (N-methyl/N-ethyl adjacent to an activating group) is 1. The summed E-state index contributed by atoms with van der Waals surface area (Å²) >= 11 is 0. The Morgan fingerprint density at radius 3 is 2.48 bits per heavy atom. The normalized spacial score (nSPS) is 15.3. The van der Waals surface area contributed by atoms with E-state index in [0.29, 0.717) is 18.7 Å². The average Bonchev–Trinajstić information content (AvgIpc) is 2.73. The molecule has 156 valence electrons. The number of nitrogens with one attached hydrogen (secondary N) is 2. The van der Waals surface area contributed by atoms with Crippen LogP contribution in [0.2, 0.25) is 0 Å². The van der Waals surface area contributed by atoms with Crippen LogP contribution in [0, 0.1) is 0 Å². The number of piperazine rings is 1. The zero-order valence-electron chi connectivity index (χ0n) is 16.9. The van der Waals surface area contributed by atoms with Crippen molar-refractivity contribution in [3.63, 3.8) is 0 Å². The summed E-state index contributed by atoms with van der Waals surface area (Å²) in [4.78, 5) is 17.4. The summed E-state index contributed by atoms with van der Waals surface area (Å²) in [7, 11) is -1.48. The molecule has 0 aliphatic carbocycles. The minimum Gasteiger partial charge on any atom is -0.369 e. The quantitative estimate of drug-likeness (QED) is 0.718. The fourth-order valence-electron chi connectivity index (χ4n) is 3.37. The highest BCUT2D eigenvalue weighted by Gasteiger charge is 2.18. The summed E-state index contributed by atoms with van der Waals surface area (Å²) in [6.07, 6.45) is 0. The van der Waals surface area contributed by atoms with Crippen molar-refractivity contribution in [1.29, 1.82) is 0 Å². The third kappa shape index (κ3) is 5.35. The zero-order chi connectivity index (χ0) is 20.9. The Hall–Kier alpha value is -2.42. The van der Waals surface area contributed by atoms with Gasteiger partial charge >= 0.3 is 0 Å². The number of nitrogens with zero attached hydrogens (tertiary/aromatic N) is 2. The molecule has 1 fully saturated rings. The van der Waals surface area contributed by atoms with Crippen LogP contribution in [0.3, 0.4) is 0 Å². The van der Waals surface area contributed by atoms with E-state index in [1.165, 1.54) is 12.1 Å². The van der Waals surface area contributed by atoms with E-state index < -0.39 is 10.0 Å². The number of para-hydroxylation sites is 1. The fourth-order valence-corrected chi connectivity index (χ4v) is 4.46. The van der Waals surface area contributed by atoms with Gasteiger partial charge in [0.05, 0.1) is 4.90 Å². The highest BCUT2D eigenvalue weighted by Crippen LogP contribution is 2.22. The molecule has 0 bridgehead atoms. The van der Waals surface area contributed by atoms with Gasteiger partial charge in [-0.2, -0.15) is 0 Å². The van der Waals surface area contributed by atoms with Crippen molar-refractivity contribution in [2.24, 2.45) is 0 Å². The van der Waals surface area contributed by atoms with Crippen LogP contribution in [-0.4, -0.2) is 59.0 Å². The van der Waals surface area contributed by atoms with Gasteiger partial charge in [0, 0.05) is 50.5 Å². The standard InChI is InChI=1S/C21H28N4O3S/c1-3-23-29(27,28)19-9-6-8-17(15-19)21(26)22-16-18-7-4-5-10-20(18)25-13-11-24(2)12-14-25/h4-10,15,23H,3,11-14,16H2,1-2H3,(H,22,26). The number of carbonyl (C=O) groups excluding carboxylic acids is 1. The van der Waals surface area contributed by atoms with Gasteiger partial charge in [0.25, 0.3) is 5.91 Å². The fraction of sp³-hybridized carbons (Fsp3) is 0.381. The van der Waals surface area contributed by atoms with Crippen LogP contribution >= 0.6 is 0 Å². The second-order valence-electron chi connectivity index (χ2n) is 7.13. The monoisotopic (exact) mass is 416 g/mol. The van der Waals surface area contributed by atoms with Crippen molar-refractivity contribution < 1.29 is 13.2 Å². The van der Waals surface area contributed by atoms with E-state index in [1.54, 1.807) is 19.1 Å². The van der Waals surface area contributed by atoms with Crippen molar-refractivity contribution in [2.75, 3.05) is 44.7 Å². The number of hydrogen-bond acceptors (Lipinski definition) is 5. The maximum Gasteiger partial charge on any atom is 0.251 e. The summed E-state index contributed by atoms with van der Waals surface area (Å²) in [6.45, 7) is 6.30. The predicted octanol–water partition coefficient (Wildman–Crippen LogP) is 1.67. The predicted molar refractivity (Wildman–Crippen MR) is 115 cm³/mol. The SMILES string of the molecule is CCNS(=O)(=O)c1cccc(C(=O)NCc2ccccc2N2CCN(C)CC2)c1. The molecule has 7 nitrogen and oxygen atoms in total. The van der Waals surface area contributed by atoms with E-state index in [-0.39, 0.29) is 10.8 Å². The molecule has 1 aliphatic heterocycles. The van der Waals surface area contributed by atoms with Crippen molar-refractivity contribution in [3.8, 4) is 0 Å². The number of amides is 1. The molecule has 0 unspecified atom stereocenters. The van der Waals surface area contributed by atoms with Crippen LogP contribution in [-0.2, 0) is 16.6 Å². The minimum atomic E-state index is -3.60. The first kappa shape index (κ1) is 21.3. The Balaban J connectivity index is 1.70. The molecule has 1 saturated heterocycles. The Bertz CT molecular complexity index is 954. The first-order chi connectivity index (χ1) is 13.9. The third-order valence-electron chi connectivity index (χ3n) is 5.02. The van der Waals surface area contributed by atoms with Gasteiger partial charge in [0.2, 0.25) is 10.0 Å². The molecule has 8 heteroatoms. The highest BCUT2D eigenvalue weighted by molar-refractivity contribution is 7.89. The molecule has 1 amide bonds. The van der Waals surface area contributed by atoms with Gasteiger partial charge < -0.3 is 15.1 Å². The number of benzene rings is 2. The third-order valence-corrected chi connectivity index (χ3v) is 6.56. The second kappa shape index (κ2) is 9.39. The molecule has 0 radical (unpaired) electrons. The topological polar surface area (TPSA) is 81.7 Å². The summed E-state index contributed by atoms with van der Waals surface area (Å²) in [5.74, 6) is -0.299. The molecule has 0 atom stereocenters. The van der Waals surface area contributed by atoms with E-state index in [0.717, 1.165) is 37.4 Å². The second-order valence-corrected chi connectivity index (χ2v) is 8.90. The van der Waals surface area contributed by atoms with E-state index in [4.69, 9.17) is 0 Å². The summed E-state index contributed by atoms with van der Waals surface area (Å²) in [6, 6.07) is 14.1. The van der Waals surface area contributed by atoms with Crippen LogP contribution in [0.25, 0.3) is 0 Å². The number of hydrogen-bond donors (Lipinski definition) is 2. The summed E-state index contributed by atoms with van der Waals surface area (Å²) in [5, 5.41) is 2.92. The number of carbonyl (C=O) groups is 1. The lowest BCUT2D eigenvalue weighted by molar-refractivity contribution is 0.0950. The van der Waals surface area contributed by atoms with E-state index in [9.17, 15) is 13.2 Å². The van der Waals surface area contributed by atoms with Crippen LogP contribution in [0.4, 0.5) is 5.69 Å². The molecule has 2 aromatic carbocycles. The smallest absolute Gasteiger partial charge is 0.251 e. The van der Waals surface area contributed by atoms with Crippen LogP contribution < -0.4 is 14.9 Å². The lowest BCUT2D eigenvalue weighted by Crippen LogP contribution is -2.45. The van der Waals surface area contributed by atoms with Crippen molar-refractivity contribution in [1.82, 2.24) is 14.9 Å². The van der Waals surface area contributed by atoms with Crippen molar-refractivity contribution in [2.45, 2.75) is 18.4 Å². The molecule has 1 heterocycles. The maximum absolute atomic E-state index is 12.6. The first-order valence-corrected chi connectivity index (χ1v) is 11.3. The Kier molecular flexibility index (Phi) is 6.89. The zero-order valence-corrected chi connectivity index (χ0v) is 17.7. The lowest BCUT2D eigenvalue weighted by Gasteiger charge is -2.35. The Morgan fingerprint density at radius 2 is 1.76 bits per heavy atom. The highest BCUT2D eigenvalue weighted by atomic mass is 32.2. The number of rotatable bonds is 7. The molecular weight excluding hydrogens is 388 g/mol. The molecule has 3 rings (SSSR count). The molecule has 0 aromatic heterocycles. The van der Waals surface area contributed by atoms with Gasteiger partial charge in [0.1, 0.15) is 0 Å². The van der Waals surface area contributed by atoms with Crippen LogP contribution in [0.1, 0.15) is 22.8 Å². The van der Waals surface area contributed by atoms with E-state index >= 15 is 0 Å². The van der Waals surface area contributed by atoms with Crippen LogP contribution in [0.15, 0.2) is 53.4 Å². The molecular formula is C21H28N4O3S.